The van der Waals surface area contributed by atoms with Crippen LogP contribution in [0.1, 0.15) is 31.3 Å². The molecule has 1 aromatic rings. The number of carbonyl (C=O) groups excluding carboxylic acids is 2. The van der Waals surface area contributed by atoms with Gasteiger partial charge in [0, 0.05) is 25.6 Å². The van der Waals surface area contributed by atoms with Gasteiger partial charge in [-0.1, -0.05) is 5.21 Å². The smallest absolute Gasteiger partial charge is 0.410 e. The Labute approximate surface area is 111 Å². The molecule has 1 saturated heterocycles. The number of aldehydes is 1. The quantitative estimate of drug-likeness (QED) is 0.761. The zero-order chi connectivity index (χ0) is 14.0. The molecule has 0 unspecified atom stereocenters. The zero-order valence-corrected chi connectivity index (χ0v) is 11.4. The standard InChI is InChI=1S/C12H18N4O3/c1-12(2,3)19-11(18)15-4-9(5-15)6-16-7-10(8-17)13-14-16/h7-9H,4-6H2,1-3H3. The van der Waals surface area contributed by atoms with Gasteiger partial charge in [0.2, 0.25) is 0 Å². The van der Waals surface area contributed by atoms with E-state index in [-0.39, 0.29) is 6.09 Å². The molecule has 0 aliphatic carbocycles. The summed E-state index contributed by atoms with van der Waals surface area (Å²) in [5, 5.41) is 7.53. The van der Waals surface area contributed by atoms with Gasteiger partial charge in [-0.15, -0.1) is 5.10 Å². The van der Waals surface area contributed by atoms with Crippen LogP contribution in [0.25, 0.3) is 0 Å². The highest BCUT2D eigenvalue weighted by atomic mass is 16.6. The lowest BCUT2D eigenvalue weighted by atomic mass is 10.0. The average Bonchev–Trinajstić information content (AvgIpc) is 2.67. The minimum absolute atomic E-state index is 0.282. The van der Waals surface area contributed by atoms with Crippen molar-refractivity contribution in [3.63, 3.8) is 0 Å². The maximum atomic E-state index is 11.7. The minimum Gasteiger partial charge on any atom is -0.444 e. The number of aromatic nitrogens is 3. The Morgan fingerprint density at radius 2 is 2.21 bits per heavy atom. The molecule has 7 nitrogen and oxygen atoms in total. The van der Waals surface area contributed by atoms with Gasteiger partial charge < -0.3 is 9.64 Å². The molecule has 19 heavy (non-hydrogen) atoms. The van der Waals surface area contributed by atoms with E-state index in [0.717, 1.165) is 0 Å². The Morgan fingerprint density at radius 3 is 2.74 bits per heavy atom. The molecule has 1 aliphatic heterocycles. The lowest BCUT2D eigenvalue weighted by molar-refractivity contribution is -0.00390. The third-order valence-corrected chi connectivity index (χ3v) is 2.73. The van der Waals surface area contributed by atoms with Crippen molar-refractivity contribution in [3.8, 4) is 0 Å². The Kier molecular flexibility index (Phi) is 3.55. The van der Waals surface area contributed by atoms with Crippen molar-refractivity contribution < 1.29 is 14.3 Å². The molecule has 2 heterocycles. The van der Waals surface area contributed by atoms with E-state index in [0.29, 0.717) is 37.5 Å². The molecule has 2 rings (SSSR count). The summed E-state index contributed by atoms with van der Waals surface area (Å²) < 4.78 is 6.89. The number of ether oxygens (including phenoxy) is 1. The molecule has 1 aromatic heterocycles. The molecule has 0 aromatic carbocycles. The predicted octanol–water partition coefficient (Wildman–Crippen LogP) is 0.957. The molecule has 0 spiro atoms. The Hall–Kier alpha value is -1.92. The number of amides is 1. The van der Waals surface area contributed by atoms with Crippen molar-refractivity contribution >= 4 is 12.4 Å². The predicted molar refractivity (Wildman–Crippen MR) is 66.7 cm³/mol. The van der Waals surface area contributed by atoms with Crippen LogP contribution < -0.4 is 0 Å². The van der Waals surface area contributed by atoms with E-state index in [1.54, 1.807) is 15.8 Å². The van der Waals surface area contributed by atoms with Crippen molar-refractivity contribution in [1.82, 2.24) is 19.9 Å². The fourth-order valence-corrected chi connectivity index (χ4v) is 1.88. The van der Waals surface area contributed by atoms with Gasteiger partial charge >= 0.3 is 6.09 Å². The van der Waals surface area contributed by atoms with Crippen LogP contribution >= 0.6 is 0 Å². The van der Waals surface area contributed by atoms with Crippen molar-refractivity contribution in [2.45, 2.75) is 32.9 Å². The van der Waals surface area contributed by atoms with Crippen molar-refractivity contribution in [2.75, 3.05) is 13.1 Å². The van der Waals surface area contributed by atoms with Crippen LogP contribution in [0.5, 0.6) is 0 Å². The fourth-order valence-electron chi connectivity index (χ4n) is 1.88. The van der Waals surface area contributed by atoms with Gasteiger partial charge in [0.25, 0.3) is 0 Å². The third-order valence-electron chi connectivity index (χ3n) is 2.73. The highest BCUT2D eigenvalue weighted by Crippen LogP contribution is 2.20. The highest BCUT2D eigenvalue weighted by Gasteiger charge is 2.33. The van der Waals surface area contributed by atoms with Crippen LogP contribution in [-0.2, 0) is 11.3 Å². The van der Waals surface area contributed by atoms with E-state index in [9.17, 15) is 9.59 Å². The summed E-state index contributed by atoms with van der Waals surface area (Å²) in [6.07, 6.45) is 1.98. The van der Waals surface area contributed by atoms with Gasteiger partial charge in [-0.25, -0.2) is 4.79 Å². The first kappa shape index (κ1) is 13.5. The van der Waals surface area contributed by atoms with Crippen LogP contribution in [0.4, 0.5) is 4.79 Å². The van der Waals surface area contributed by atoms with E-state index < -0.39 is 5.60 Å². The maximum absolute atomic E-state index is 11.7. The van der Waals surface area contributed by atoms with Crippen LogP contribution in [0.3, 0.4) is 0 Å². The molecule has 1 aliphatic rings. The van der Waals surface area contributed by atoms with Crippen molar-refractivity contribution in [2.24, 2.45) is 5.92 Å². The summed E-state index contributed by atoms with van der Waals surface area (Å²) in [5.41, 5.74) is -0.143. The molecule has 0 radical (unpaired) electrons. The van der Waals surface area contributed by atoms with E-state index >= 15 is 0 Å². The molecular formula is C12H18N4O3. The molecule has 104 valence electrons. The third kappa shape index (κ3) is 3.52. The number of hydrogen-bond donors (Lipinski definition) is 0. The molecule has 0 saturated carbocycles. The number of carbonyl (C=O) groups is 2. The van der Waals surface area contributed by atoms with E-state index in [1.807, 2.05) is 20.8 Å². The molecule has 0 N–H and O–H groups in total. The highest BCUT2D eigenvalue weighted by molar-refractivity contribution is 5.70. The zero-order valence-electron chi connectivity index (χ0n) is 11.4. The largest absolute Gasteiger partial charge is 0.444 e. The number of likely N-dealkylation sites (tertiary alicyclic amines) is 1. The van der Waals surface area contributed by atoms with Gasteiger partial charge in [-0.3, -0.25) is 9.48 Å². The van der Waals surface area contributed by atoms with E-state index in [2.05, 4.69) is 10.3 Å². The first-order valence-electron chi connectivity index (χ1n) is 6.20. The van der Waals surface area contributed by atoms with Gasteiger partial charge in [0.05, 0.1) is 6.20 Å². The first-order chi connectivity index (χ1) is 8.87. The second kappa shape index (κ2) is 4.99. The summed E-state index contributed by atoms with van der Waals surface area (Å²) in [7, 11) is 0. The van der Waals surface area contributed by atoms with Crippen LogP contribution in [0, 0.1) is 5.92 Å². The molecular weight excluding hydrogens is 248 g/mol. The van der Waals surface area contributed by atoms with E-state index in [1.165, 1.54) is 0 Å². The number of nitrogens with zero attached hydrogens (tertiary/aromatic N) is 4. The van der Waals surface area contributed by atoms with Crippen LogP contribution in [0.2, 0.25) is 0 Å². The van der Waals surface area contributed by atoms with E-state index in [4.69, 9.17) is 4.74 Å². The summed E-state index contributed by atoms with van der Waals surface area (Å²) in [4.78, 5) is 23.9. The van der Waals surface area contributed by atoms with Gasteiger partial charge in [-0.2, -0.15) is 0 Å². The van der Waals surface area contributed by atoms with Gasteiger partial charge in [0.1, 0.15) is 11.3 Å². The monoisotopic (exact) mass is 266 g/mol. The number of rotatable bonds is 3. The molecule has 1 amide bonds. The van der Waals surface area contributed by atoms with Crippen molar-refractivity contribution in [1.29, 1.82) is 0 Å². The second-order valence-corrected chi connectivity index (χ2v) is 5.73. The molecule has 7 heteroatoms. The first-order valence-corrected chi connectivity index (χ1v) is 6.20. The normalized spacial score (nSPS) is 16.1. The Bertz CT molecular complexity index is 472. The summed E-state index contributed by atoms with van der Waals surface area (Å²) in [5.74, 6) is 0.328. The topological polar surface area (TPSA) is 77.3 Å². The fraction of sp³-hybridized carbons (Fsp3) is 0.667. The van der Waals surface area contributed by atoms with Crippen LogP contribution in [-0.4, -0.2) is 51.0 Å². The van der Waals surface area contributed by atoms with Crippen molar-refractivity contribution in [3.05, 3.63) is 11.9 Å². The molecule has 1 fully saturated rings. The summed E-state index contributed by atoms with van der Waals surface area (Å²) >= 11 is 0. The van der Waals surface area contributed by atoms with Crippen LogP contribution in [0.15, 0.2) is 6.20 Å². The second-order valence-electron chi connectivity index (χ2n) is 5.73. The summed E-state index contributed by atoms with van der Waals surface area (Å²) in [6.45, 7) is 7.48. The summed E-state index contributed by atoms with van der Waals surface area (Å²) in [6, 6.07) is 0. The maximum Gasteiger partial charge on any atom is 0.410 e. The number of hydrogen-bond acceptors (Lipinski definition) is 5. The Morgan fingerprint density at radius 1 is 1.53 bits per heavy atom. The minimum atomic E-state index is -0.465. The SMILES string of the molecule is CC(C)(C)OC(=O)N1CC(Cn2cc(C=O)nn2)C1. The molecule has 0 bridgehead atoms. The molecule has 0 atom stereocenters. The van der Waals surface area contributed by atoms with Gasteiger partial charge in [0.15, 0.2) is 6.29 Å². The lowest BCUT2D eigenvalue weighted by Crippen LogP contribution is -2.52. The average molecular weight is 266 g/mol. The van der Waals surface area contributed by atoms with Gasteiger partial charge in [-0.05, 0) is 20.8 Å². The lowest BCUT2D eigenvalue weighted by Gasteiger charge is -2.39. The Balaban J connectivity index is 1.77.